The highest BCUT2D eigenvalue weighted by Crippen LogP contribution is 2.29. The van der Waals surface area contributed by atoms with Gasteiger partial charge in [-0.15, -0.1) is 0 Å². The van der Waals surface area contributed by atoms with E-state index in [0.29, 0.717) is 5.92 Å². The first kappa shape index (κ1) is 12.3. The third-order valence-corrected chi connectivity index (χ3v) is 3.11. The van der Waals surface area contributed by atoms with E-state index in [9.17, 15) is 4.79 Å². The van der Waals surface area contributed by atoms with E-state index in [1.54, 1.807) is 0 Å². The van der Waals surface area contributed by atoms with Crippen LogP contribution in [0.3, 0.4) is 0 Å². The van der Waals surface area contributed by atoms with Crippen LogP contribution in [0.25, 0.3) is 0 Å². The van der Waals surface area contributed by atoms with Crippen LogP contribution in [0.2, 0.25) is 0 Å². The predicted molar refractivity (Wildman–Crippen MR) is 61.5 cm³/mol. The number of carbonyl (C=O) groups is 1. The third-order valence-electron chi connectivity index (χ3n) is 3.11. The molecule has 0 fully saturated rings. The van der Waals surface area contributed by atoms with Gasteiger partial charge >= 0.3 is 5.97 Å². The largest absolute Gasteiger partial charge is 0.463 e. The van der Waals surface area contributed by atoms with Gasteiger partial charge in [-0.25, -0.2) is 0 Å². The summed E-state index contributed by atoms with van der Waals surface area (Å²) in [6.45, 7) is 7.95. The van der Waals surface area contributed by atoms with Crippen LogP contribution in [0.1, 0.15) is 47.0 Å². The maximum Gasteiger partial charge on any atom is 0.309 e. The van der Waals surface area contributed by atoms with Gasteiger partial charge < -0.3 is 4.74 Å². The van der Waals surface area contributed by atoms with Crippen molar-refractivity contribution in [3.63, 3.8) is 0 Å². The number of esters is 1. The Kier molecular flexibility index (Phi) is 4.37. The second-order valence-electron chi connectivity index (χ2n) is 4.86. The second kappa shape index (κ2) is 5.34. The van der Waals surface area contributed by atoms with Crippen LogP contribution in [0.15, 0.2) is 11.6 Å². The quantitative estimate of drug-likeness (QED) is 0.527. The van der Waals surface area contributed by atoms with E-state index in [0.717, 1.165) is 19.3 Å². The van der Waals surface area contributed by atoms with Gasteiger partial charge in [0.15, 0.2) is 0 Å². The number of carbonyl (C=O) groups excluding carboxylic acids is 1. The molecule has 15 heavy (non-hydrogen) atoms. The van der Waals surface area contributed by atoms with Crippen LogP contribution < -0.4 is 0 Å². The molecule has 0 aromatic heterocycles. The average molecular weight is 210 g/mol. The van der Waals surface area contributed by atoms with Crippen LogP contribution in [0.5, 0.6) is 0 Å². The van der Waals surface area contributed by atoms with E-state index in [1.165, 1.54) is 5.57 Å². The Hall–Kier alpha value is -0.790. The van der Waals surface area contributed by atoms with Gasteiger partial charge in [0, 0.05) is 0 Å². The van der Waals surface area contributed by atoms with Gasteiger partial charge in [0.05, 0.1) is 12.0 Å². The predicted octanol–water partition coefficient (Wildman–Crippen LogP) is 3.32. The standard InChI is InChI=1S/C13H22O2/c1-9(2)15-13(14)11(4)12-7-5-10(3)6-8-12/h5,9,11-12H,6-8H2,1-4H3. The summed E-state index contributed by atoms with van der Waals surface area (Å²) in [6.07, 6.45) is 5.54. The minimum Gasteiger partial charge on any atom is -0.463 e. The summed E-state index contributed by atoms with van der Waals surface area (Å²) in [7, 11) is 0. The summed E-state index contributed by atoms with van der Waals surface area (Å²) in [5, 5.41) is 0. The van der Waals surface area contributed by atoms with E-state index in [2.05, 4.69) is 13.0 Å². The zero-order valence-corrected chi connectivity index (χ0v) is 10.2. The summed E-state index contributed by atoms with van der Waals surface area (Å²) in [5.74, 6) is 0.472. The molecule has 0 aromatic rings. The number of ether oxygens (including phenoxy) is 1. The van der Waals surface area contributed by atoms with Crippen molar-refractivity contribution in [2.24, 2.45) is 11.8 Å². The van der Waals surface area contributed by atoms with Crippen LogP contribution in [-0.4, -0.2) is 12.1 Å². The fourth-order valence-corrected chi connectivity index (χ4v) is 1.97. The Morgan fingerprint density at radius 2 is 2.13 bits per heavy atom. The molecular weight excluding hydrogens is 188 g/mol. The van der Waals surface area contributed by atoms with E-state index >= 15 is 0 Å². The molecule has 0 aliphatic heterocycles. The van der Waals surface area contributed by atoms with Gasteiger partial charge in [-0.05, 0) is 46.0 Å². The number of hydrogen-bond donors (Lipinski definition) is 0. The Balaban J connectivity index is 2.47. The lowest BCUT2D eigenvalue weighted by atomic mass is 9.82. The maximum absolute atomic E-state index is 11.7. The monoisotopic (exact) mass is 210 g/mol. The Labute approximate surface area is 92.7 Å². The van der Waals surface area contributed by atoms with Crippen molar-refractivity contribution in [1.29, 1.82) is 0 Å². The Morgan fingerprint density at radius 3 is 2.60 bits per heavy atom. The van der Waals surface area contributed by atoms with Gasteiger partial charge in [0.2, 0.25) is 0 Å². The Bertz CT molecular complexity index is 253. The molecule has 1 aliphatic carbocycles. The summed E-state index contributed by atoms with van der Waals surface area (Å²) in [4.78, 5) is 11.7. The normalized spacial score (nSPS) is 23.5. The van der Waals surface area contributed by atoms with Crippen molar-refractivity contribution in [1.82, 2.24) is 0 Å². The molecule has 2 atom stereocenters. The van der Waals surface area contributed by atoms with Crippen molar-refractivity contribution >= 4 is 5.97 Å². The van der Waals surface area contributed by atoms with Crippen molar-refractivity contribution in [3.8, 4) is 0 Å². The molecule has 2 unspecified atom stereocenters. The molecular formula is C13H22O2. The molecule has 86 valence electrons. The zero-order valence-electron chi connectivity index (χ0n) is 10.2. The molecule has 0 radical (unpaired) electrons. The first-order valence-corrected chi connectivity index (χ1v) is 5.86. The fraction of sp³-hybridized carbons (Fsp3) is 0.769. The van der Waals surface area contributed by atoms with Crippen molar-refractivity contribution < 1.29 is 9.53 Å². The molecule has 0 saturated carbocycles. The smallest absolute Gasteiger partial charge is 0.309 e. The summed E-state index contributed by atoms with van der Waals surface area (Å²) in [6, 6.07) is 0. The van der Waals surface area contributed by atoms with Gasteiger partial charge in [-0.1, -0.05) is 18.6 Å². The van der Waals surface area contributed by atoms with Crippen LogP contribution >= 0.6 is 0 Å². The topological polar surface area (TPSA) is 26.3 Å². The molecule has 0 N–H and O–H groups in total. The van der Waals surface area contributed by atoms with Crippen LogP contribution in [0.4, 0.5) is 0 Å². The van der Waals surface area contributed by atoms with Crippen molar-refractivity contribution in [2.45, 2.75) is 53.1 Å². The lowest BCUT2D eigenvalue weighted by molar-refractivity contribution is -0.153. The highest BCUT2D eigenvalue weighted by Gasteiger charge is 2.26. The average Bonchev–Trinajstić information content (AvgIpc) is 2.17. The second-order valence-corrected chi connectivity index (χ2v) is 4.86. The minimum absolute atomic E-state index is 0.000758. The van der Waals surface area contributed by atoms with E-state index in [4.69, 9.17) is 4.74 Å². The molecule has 0 aromatic carbocycles. The SMILES string of the molecule is CC1=CCC(C(C)C(=O)OC(C)C)CC1. The molecule has 1 rings (SSSR count). The number of allylic oxidation sites excluding steroid dienone is 2. The van der Waals surface area contributed by atoms with E-state index < -0.39 is 0 Å². The maximum atomic E-state index is 11.7. The van der Waals surface area contributed by atoms with Gasteiger partial charge in [0.25, 0.3) is 0 Å². The summed E-state index contributed by atoms with van der Waals surface area (Å²) >= 11 is 0. The minimum atomic E-state index is -0.0389. The van der Waals surface area contributed by atoms with Crippen molar-refractivity contribution in [2.75, 3.05) is 0 Å². The molecule has 2 heteroatoms. The zero-order chi connectivity index (χ0) is 11.4. The van der Waals surface area contributed by atoms with Crippen LogP contribution in [-0.2, 0) is 9.53 Å². The lowest BCUT2D eigenvalue weighted by Gasteiger charge is -2.25. The highest BCUT2D eigenvalue weighted by atomic mass is 16.5. The number of rotatable bonds is 3. The molecule has 0 bridgehead atoms. The number of hydrogen-bond acceptors (Lipinski definition) is 2. The molecule has 0 amide bonds. The fourth-order valence-electron chi connectivity index (χ4n) is 1.97. The Morgan fingerprint density at radius 1 is 1.47 bits per heavy atom. The van der Waals surface area contributed by atoms with Gasteiger partial charge in [-0.3, -0.25) is 4.79 Å². The van der Waals surface area contributed by atoms with Gasteiger partial charge in [-0.2, -0.15) is 0 Å². The lowest BCUT2D eigenvalue weighted by Crippen LogP contribution is -2.26. The third kappa shape index (κ3) is 3.69. The highest BCUT2D eigenvalue weighted by molar-refractivity contribution is 5.72. The first-order valence-electron chi connectivity index (χ1n) is 5.86. The molecule has 0 saturated heterocycles. The first-order chi connectivity index (χ1) is 7.00. The molecule has 0 spiro atoms. The van der Waals surface area contributed by atoms with Crippen molar-refractivity contribution in [3.05, 3.63) is 11.6 Å². The molecule has 2 nitrogen and oxygen atoms in total. The summed E-state index contributed by atoms with van der Waals surface area (Å²) in [5.41, 5.74) is 1.45. The van der Waals surface area contributed by atoms with Gasteiger partial charge in [0.1, 0.15) is 0 Å². The van der Waals surface area contributed by atoms with E-state index in [1.807, 2.05) is 20.8 Å². The van der Waals surface area contributed by atoms with Crippen LogP contribution in [0, 0.1) is 11.8 Å². The van der Waals surface area contributed by atoms with E-state index in [-0.39, 0.29) is 18.0 Å². The molecule has 1 aliphatic rings. The molecule has 0 heterocycles. The summed E-state index contributed by atoms with van der Waals surface area (Å²) < 4.78 is 5.23.